The summed E-state index contributed by atoms with van der Waals surface area (Å²) in [6.45, 7) is 2.98. The van der Waals surface area contributed by atoms with Crippen LogP contribution in [0.5, 0.6) is 0 Å². The first-order valence-corrected chi connectivity index (χ1v) is 8.32. The molecule has 126 valence electrons. The zero-order chi connectivity index (χ0) is 17.5. The highest BCUT2D eigenvalue weighted by molar-refractivity contribution is 5.99. The molecule has 0 unspecified atom stereocenters. The topological polar surface area (TPSA) is 44.4 Å². The minimum atomic E-state index is -0.255. The molecule has 4 heteroatoms. The summed E-state index contributed by atoms with van der Waals surface area (Å²) in [5.41, 5.74) is 3.74. The van der Waals surface area contributed by atoms with E-state index in [9.17, 15) is 4.79 Å². The largest absolute Gasteiger partial charge is 0.342 e. The molecule has 0 heterocycles. The molecule has 0 saturated heterocycles. The lowest BCUT2D eigenvalue weighted by Gasteiger charge is -2.23. The van der Waals surface area contributed by atoms with Crippen molar-refractivity contribution in [2.75, 3.05) is 22.1 Å². The Labute approximate surface area is 148 Å². The van der Waals surface area contributed by atoms with Gasteiger partial charge in [-0.1, -0.05) is 36.4 Å². The number of para-hydroxylation sites is 2. The van der Waals surface area contributed by atoms with Crippen molar-refractivity contribution in [3.63, 3.8) is 0 Å². The van der Waals surface area contributed by atoms with Gasteiger partial charge in [0.05, 0.1) is 0 Å². The van der Waals surface area contributed by atoms with Crippen LogP contribution >= 0.6 is 0 Å². The number of anilines is 4. The molecule has 0 aliphatic rings. The molecule has 25 heavy (non-hydrogen) atoms. The lowest BCUT2D eigenvalue weighted by molar-refractivity contribution is 0.262. The van der Waals surface area contributed by atoms with E-state index in [4.69, 9.17) is 0 Å². The number of rotatable bonds is 5. The second-order valence-corrected chi connectivity index (χ2v) is 5.57. The summed E-state index contributed by atoms with van der Waals surface area (Å²) in [5.74, 6) is 0. The van der Waals surface area contributed by atoms with Gasteiger partial charge in [-0.2, -0.15) is 0 Å². The summed E-state index contributed by atoms with van der Waals surface area (Å²) < 4.78 is 0. The lowest BCUT2D eigenvalue weighted by atomic mass is 10.2. The van der Waals surface area contributed by atoms with E-state index in [0.29, 0.717) is 0 Å². The SMILES string of the molecule is CCN(c1ccccc1)c1ccc(NC(=O)Nc2ccccc2)cc1. The van der Waals surface area contributed by atoms with Gasteiger partial charge in [0.25, 0.3) is 0 Å². The first-order chi connectivity index (χ1) is 12.3. The molecule has 0 radical (unpaired) electrons. The van der Waals surface area contributed by atoms with Crippen molar-refractivity contribution in [3.05, 3.63) is 84.9 Å². The van der Waals surface area contributed by atoms with E-state index in [1.165, 1.54) is 0 Å². The Hall–Kier alpha value is -3.27. The molecule has 0 spiro atoms. The summed E-state index contributed by atoms with van der Waals surface area (Å²) in [7, 11) is 0. The highest BCUT2D eigenvalue weighted by Gasteiger charge is 2.07. The van der Waals surface area contributed by atoms with E-state index < -0.39 is 0 Å². The van der Waals surface area contributed by atoms with Crippen molar-refractivity contribution in [1.82, 2.24) is 0 Å². The van der Waals surface area contributed by atoms with Crippen molar-refractivity contribution in [2.45, 2.75) is 6.92 Å². The number of carbonyl (C=O) groups is 1. The molecule has 3 rings (SSSR count). The van der Waals surface area contributed by atoms with Crippen LogP contribution in [0.4, 0.5) is 27.5 Å². The zero-order valence-electron chi connectivity index (χ0n) is 14.1. The Bertz CT molecular complexity index is 802. The van der Waals surface area contributed by atoms with Crippen LogP contribution in [-0.2, 0) is 0 Å². The summed E-state index contributed by atoms with van der Waals surface area (Å²) in [6, 6.07) is 27.2. The van der Waals surface area contributed by atoms with Gasteiger partial charge in [0.15, 0.2) is 0 Å². The van der Waals surface area contributed by atoms with Crippen molar-refractivity contribution < 1.29 is 4.79 Å². The normalized spacial score (nSPS) is 10.1. The average molecular weight is 331 g/mol. The molecule has 0 atom stereocenters. The van der Waals surface area contributed by atoms with Gasteiger partial charge in [-0.3, -0.25) is 0 Å². The number of hydrogen-bond acceptors (Lipinski definition) is 2. The van der Waals surface area contributed by atoms with Crippen LogP contribution in [0.25, 0.3) is 0 Å². The highest BCUT2D eigenvalue weighted by atomic mass is 16.2. The van der Waals surface area contributed by atoms with Crippen molar-refractivity contribution in [1.29, 1.82) is 0 Å². The molecule has 0 aromatic heterocycles. The van der Waals surface area contributed by atoms with E-state index >= 15 is 0 Å². The monoisotopic (exact) mass is 331 g/mol. The predicted octanol–water partition coefficient (Wildman–Crippen LogP) is 5.49. The smallest absolute Gasteiger partial charge is 0.323 e. The molecule has 0 aliphatic heterocycles. The number of nitrogens with one attached hydrogen (secondary N) is 2. The summed E-state index contributed by atoms with van der Waals surface area (Å²) in [6.07, 6.45) is 0. The van der Waals surface area contributed by atoms with Gasteiger partial charge in [-0.15, -0.1) is 0 Å². The third kappa shape index (κ3) is 4.38. The van der Waals surface area contributed by atoms with Gasteiger partial charge in [0, 0.05) is 29.3 Å². The maximum absolute atomic E-state index is 12.0. The fourth-order valence-corrected chi connectivity index (χ4v) is 2.66. The standard InChI is InChI=1S/C21H21N3O/c1-2-24(19-11-7-4-8-12-19)20-15-13-18(14-16-20)23-21(25)22-17-9-5-3-6-10-17/h3-16H,2H2,1H3,(H2,22,23,25). The van der Waals surface area contributed by atoms with Crippen LogP contribution in [0.3, 0.4) is 0 Å². The van der Waals surface area contributed by atoms with E-state index in [-0.39, 0.29) is 6.03 Å². The zero-order valence-corrected chi connectivity index (χ0v) is 14.1. The molecule has 0 bridgehead atoms. The lowest BCUT2D eigenvalue weighted by Crippen LogP contribution is -2.19. The average Bonchev–Trinajstić information content (AvgIpc) is 2.65. The Kier molecular flexibility index (Phi) is 5.32. The molecule has 3 aromatic carbocycles. The van der Waals surface area contributed by atoms with Crippen molar-refractivity contribution in [3.8, 4) is 0 Å². The Morgan fingerprint density at radius 1 is 0.720 bits per heavy atom. The van der Waals surface area contributed by atoms with Crippen LogP contribution in [0.15, 0.2) is 84.9 Å². The molecule has 3 aromatic rings. The second kappa shape index (κ2) is 8.02. The van der Waals surface area contributed by atoms with Gasteiger partial charge in [0.1, 0.15) is 0 Å². The van der Waals surface area contributed by atoms with E-state index in [1.54, 1.807) is 0 Å². The second-order valence-electron chi connectivity index (χ2n) is 5.57. The van der Waals surface area contributed by atoms with Crippen LogP contribution in [0.1, 0.15) is 6.92 Å². The molecule has 2 N–H and O–H groups in total. The van der Waals surface area contributed by atoms with Crippen LogP contribution in [0.2, 0.25) is 0 Å². The van der Waals surface area contributed by atoms with Gasteiger partial charge < -0.3 is 15.5 Å². The Morgan fingerprint density at radius 2 is 1.20 bits per heavy atom. The third-order valence-corrected chi connectivity index (χ3v) is 3.85. The van der Waals surface area contributed by atoms with Gasteiger partial charge in [-0.05, 0) is 55.5 Å². The third-order valence-electron chi connectivity index (χ3n) is 3.85. The van der Waals surface area contributed by atoms with Gasteiger partial charge in [0.2, 0.25) is 0 Å². The molecular weight excluding hydrogens is 310 g/mol. The number of amides is 2. The summed E-state index contributed by atoms with van der Waals surface area (Å²) in [5, 5.41) is 5.65. The first kappa shape index (κ1) is 16.6. The highest BCUT2D eigenvalue weighted by Crippen LogP contribution is 2.26. The quantitative estimate of drug-likeness (QED) is 0.649. The first-order valence-electron chi connectivity index (χ1n) is 8.32. The molecular formula is C21H21N3O. The van der Waals surface area contributed by atoms with Crippen LogP contribution in [0, 0.1) is 0 Å². The number of nitrogens with zero attached hydrogens (tertiary/aromatic N) is 1. The van der Waals surface area contributed by atoms with Crippen LogP contribution < -0.4 is 15.5 Å². The Balaban J connectivity index is 1.66. The molecule has 0 aliphatic carbocycles. The Morgan fingerprint density at radius 3 is 1.76 bits per heavy atom. The summed E-state index contributed by atoms with van der Waals surface area (Å²) >= 11 is 0. The minimum Gasteiger partial charge on any atom is -0.342 e. The van der Waals surface area contributed by atoms with Crippen molar-refractivity contribution in [2.24, 2.45) is 0 Å². The van der Waals surface area contributed by atoms with Gasteiger partial charge >= 0.3 is 6.03 Å². The van der Waals surface area contributed by atoms with E-state index in [0.717, 1.165) is 29.3 Å². The predicted molar refractivity (Wildman–Crippen MR) is 105 cm³/mol. The van der Waals surface area contributed by atoms with Gasteiger partial charge in [-0.25, -0.2) is 4.79 Å². The fourth-order valence-electron chi connectivity index (χ4n) is 2.66. The molecule has 0 fully saturated rings. The number of hydrogen-bond donors (Lipinski definition) is 2. The summed E-state index contributed by atoms with van der Waals surface area (Å²) in [4.78, 5) is 14.3. The van der Waals surface area contributed by atoms with Crippen molar-refractivity contribution >= 4 is 28.8 Å². The fraction of sp³-hybridized carbons (Fsp3) is 0.0952. The van der Waals surface area contributed by atoms with Crippen LogP contribution in [-0.4, -0.2) is 12.6 Å². The molecule has 2 amide bonds. The number of urea groups is 1. The van der Waals surface area contributed by atoms with E-state index in [1.807, 2.05) is 72.8 Å². The van der Waals surface area contributed by atoms with E-state index in [2.05, 4.69) is 34.6 Å². The minimum absolute atomic E-state index is 0.255. The number of benzene rings is 3. The maximum atomic E-state index is 12.0. The number of carbonyl (C=O) groups excluding carboxylic acids is 1. The molecule has 4 nitrogen and oxygen atoms in total. The maximum Gasteiger partial charge on any atom is 0.323 e. The molecule has 0 saturated carbocycles.